The van der Waals surface area contributed by atoms with E-state index in [1.807, 2.05) is 13.0 Å². The largest absolute Gasteiger partial charge is 0.490 e. The van der Waals surface area contributed by atoms with E-state index in [0.717, 1.165) is 11.1 Å². The molecule has 8 heteroatoms. The van der Waals surface area contributed by atoms with Gasteiger partial charge in [0.2, 0.25) is 0 Å². The number of benzene rings is 2. The highest BCUT2D eigenvalue weighted by Gasteiger charge is 2.25. The topological polar surface area (TPSA) is 51.1 Å². The van der Waals surface area contributed by atoms with Crippen molar-refractivity contribution in [2.45, 2.75) is 13.5 Å². The van der Waals surface area contributed by atoms with Gasteiger partial charge in [0.05, 0.1) is 18.6 Å². The molecule has 0 saturated carbocycles. The Morgan fingerprint density at radius 2 is 2.00 bits per heavy atom. The molecular weight excluding hydrogens is 387 g/mol. The molecule has 27 heavy (non-hydrogen) atoms. The van der Waals surface area contributed by atoms with Crippen LogP contribution in [-0.4, -0.2) is 33.8 Å². The zero-order valence-electron chi connectivity index (χ0n) is 14.6. The van der Waals surface area contributed by atoms with E-state index in [1.165, 1.54) is 28.9 Å². The maximum Gasteiger partial charge on any atom is 0.259 e. The van der Waals surface area contributed by atoms with Crippen LogP contribution in [0.4, 0.5) is 4.39 Å². The Morgan fingerprint density at radius 3 is 2.67 bits per heavy atom. The molecule has 0 aliphatic carbocycles. The van der Waals surface area contributed by atoms with Crippen molar-refractivity contribution in [2.75, 3.05) is 12.4 Å². The number of rotatable bonds is 7. The summed E-state index contributed by atoms with van der Waals surface area (Å²) in [6.45, 7) is 2.64. The van der Waals surface area contributed by atoms with Crippen LogP contribution in [-0.2, 0) is 11.4 Å². The predicted octanol–water partition coefficient (Wildman–Crippen LogP) is 4.00. The summed E-state index contributed by atoms with van der Waals surface area (Å²) >= 11 is 6.39. The molecule has 0 aromatic heterocycles. The van der Waals surface area contributed by atoms with Crippen LogP contribution in [0.15, 0.2) is 47.6 Å². The van der Waals surface area contributed by atoms with Crippen molar-refractivity contribution in [3.63, 3.8) is 0 Å². The summed E-state index contributed by atoms with van der Waals surface area (Å²) in [4.78, 5) is 11.7. The van der Waals surface area contributed by atoms with E-state index in [1.54, 1.807) is 30.5 Å². The van der Waals surface area contributed by atoms with Gasteiger partial charge in [-0.2, -0.15) is 10.1 Å². The summed E-state index contributed by atoms with van der Waals surface area (Å²) in [7, 11) is 0. The molecule has 2 aromatic carbocycles. The third kappa shape index (κ3) is 5.05. The average Bonchev–Trinajstić information content (AvgIpc) is 2.99. The number of carbonyl (C=O) groups excluding carboxylic acids is 1. The van der Waals surface area contributed by atoms with Gasteiger partial charge in [-0.3, -0.25) is 4.79 Å². The van der Waals surface area contributed by atoms with E-state index >= 15 is 0 Å². The monoisotopic (exact) mass is 404 g/mol. The SMILES string of the molecule is CCOc1cc(/C=N\N2C(=O)CSC2=S)ccc1OCc1ccc(F)cc1. The van der Waals surface area contributed by atoms with Gasteiger partial charge in [0, 0.05) is 0 Å². The lowest BCUT2D eigenvalue weighted by Crippen LogP contribution is -2.22. The number of thioether (sulfide) groups is 1. The molecule has 1 amide bonds. The molecule has 1 fully saturated rings. The van der Waals surface area contributed by atoms with Crippen molar-refractivity contribution in [3.05, 3.63) is 59.4 Å². The number of halogens is 1. The second kappa shape index (κ2) is 8.96. The molecule has 0 bridgehead atoms. The van der Waals surface area contributed by atoms with Crippen LogP contribution >= 0.6 is 24.0 Å². The van der Waals surface area contributed by atoms with Crippen molar-refractivity contribution in [1.29, 1.82) is 0 Å². The standard InChI is InChI=1S/C19H17FN2O3S2/c1-2-24-17-9-14(10-21-22-18(23)12-27-19(22)26)5-8-16(17)25-11-13-3-6-15(20)7-4-13/h3-10H,2,11-12H2,1H3/b21-10-. The van der Waals surface area contributed by atoms with E-state index in [4.69, 9.17) is 21.7 Å². The number of amides is 1. The summed E-state index contributed by atoms with van der Waals surface area (Å²) in [6.07, 6.45) is 1.56. The number of thiocarbonyl (C=S) groups is 1. The van der Waals surface area contributed by atoms with Crippen LogP contribution in [0.5, 0.6) is 11.5 Å². The summed E-state index contributed by atoms with van der Waals surface area (Å²) in [5.41, 5.74) is 1.60. The number of hydrogen-bond donors (Lipinski definition) is 0. The van der Waals surface area contributed by atoms with E-state index < -0.39 is 0 Å². The van der Waals surface area contributed by atoms with Crippen LogP contribution in [0, 0.1) is 5.82 Å². The molecule has 3 rings (SSSR count). The van der Waals surface area contributed by atoms with Gasteiger partial charge in [-0.25, -0.2) is 4.39 Å². The summed E-state index contributed by atoms with van der Waals surface area (Å²) < 4.78 is 24.9. The molecule has 0 unspecified atom stereocenters. The fourth-order valence-electron chi connectivity index (χ4n) is 2.32. The summed E-state index contributed by atoms with van der Waals surface area (Å²) in [5, 5.41) is 5.37. The first kappa shape index (κ1) is 19.3. The Balaban J connectivity index is 1.72. The van der Waals surface area contributed by atoms with Crippen LogP contribution < -0.4 is 9.47 Å². The second-order valence-electron chi connectivity index (χ2n) is 5.56. The third-order valence-electron chi connectivity index (χ3n) is 3.63. The van der Waals surface area contributed by atoms with Crippen LogP contribution in [0.2, 0.25) is 0 Å². The number of hydrogen-bond acceptors (Lipinski definition) is 6. The van der Waals surface area contributed by atoms with E-state index in [-0.39, 0.29) is 11.7 Å². The Kier molecular flexibility index (Phi) is 6.41. The molecule has 1 aliphatic rings. The Hall–Kier alpha value is -2.45. The zero-order valence-corrected chi connectivity index (χ0v) is 16.2. The minimum absolute atomic E-state index is 0.134. The van der Waals surface area contributed by atoms with Crippen LogP contribution in [0.1, 0.15) is 18.1 Å². The fourth-order valence-corrected chi connectivity index (χ4v) is 3.28. The lowest BCUT2D eigenvalue weighted by molar-refractivity contribution is -0.123. The number of nitrogens with zero attached hydrogens (tertiary/aromatic N) is 2. The van der Waals surface area contributed by atoms with E-state index in [2.05, 4.69) is 5.10 Å². The molecular formula is C19H17FN2O3S2. The van der Waals surface area contributed by atoms with Gasteiger partial charge in [0.1, 0.15) is 12.4 Å². The minimum atomic E-state index is -0.285. The molecule has 1 aliphatic heterocycles. The average molecular weight is 404 g/mol. The van der Waals surface area contributed by atoms with E-state index in [0.29, 0.717) is 34.8 Å². The highest BCUT2D eigenvalue weighted by molar-refractivity contribution is 8.23. The summed E-state index contributed by atoms with van der Waals surface area (Å²) in [5.74, 6) is 1.03. The van der Waals surface area contributed by atoms with Gasteiger partial charge in [-0.05, 0) is 48.4 Å². The van der Waals surface area contributed by atoms with Crippen molar-refractivity contribution >= 4 is 40.4 Å². The van der Waals surface area contributed by atoms with Gasteiger partial charge in [-0.15, -0.1) is 0 Å². The lowest BCUT2D eigenvalue weighted by Gasteiger charge is -2.13. The Bertz CT molecular complexity index is 856. The minimum Gasteiger partial charge on any atom is -0.490 e. The smallest absolute Gasteiger partial charge is 0.259 e. The van der Waals surface area contributed by atoms with Crippen LogP contribution in [0.25, 0.3) is 0 Å². The van der Waals surface area contributed by atoms with Gasteiger partial charge in [0.25, 0.3) is 5.91 Å². The normalized spacial score (nSPS) is 14.2. The first-order chi connectivity index (χ1) is 13.1. The maximum absolute atomic E-state index is 13.0. The first-order valence-corrected chi connectivity index (χ1v) is 9.64. The zero-order chi connectivity index (χ0) is 19.2. The van der Waals surface area contributed by atoms with Crippen molar-refractivity contribution in [2.24, 2.45) is 5.10 Å². The van der Waals surface area contributed by atoms with Gasteiger partial charge >= 0.3 is 0 Å². The maximum atomic E-state index is 13.0. The van der Waals surface area contributed by atoms with Crippen LogP contribution in [0.3, 0.4) is 0 Å². The van der Waals surface area contributed by atoms with Gasteiger partial charge in [0.15, 0.2) is 15.8 Å². The quantitative estimate of drug-likeness (QED) is 0.516. The number of ether oxygens (including phenoxy) is 2. The molecule has 0 radical (unpaired) electrons. The number of hydrazone groups is 1. The van der Waals surface area contributed by atoms with Gasteiger partial charge < -0.3 is 9.47 Å². The highest BCUT2D eigenvalue weighted by atomic mass is 32.2. The van der Waals surface area contributed by atoms with Crippen molar-refractivity contribution in [3.8, 4) is 11.5 Å². The molecule has 0 atom stereocenters. The molecule has 2 aromatic rings. The van der Waals surface area contributed by atoms with Crippen molar-refractivity contribution < 1.29 is 18.7 Å². The van der Waals surface area contributed by atoms with Gasteiger partial charge in [-0.1, -0.05) is 36.1 Å². The van der Waals surface area contributed by atoms with Crippen molar-refractivity contribution in [1.82, 2.24) is 5.01 Å². The first-order valence-electron chi connectivity index (χ1n) is 8.24. The van der Waals surface area contributed by atoms with E-state index in [9.17, 15) is 9.18 Å². The molecule has 1 saturated heterocycles. The fraction of sp³-hybridized carbons (Fsp3) is 0.211. The Morgan fingerprint density at radius 1 is 1.22 bits per heavy atom. The lowest BCUT2D eigenvalue weighted by atomic mass is 10.2. The summed E-state index contributed by atoms with van der Waals surface area (Å²) in [6, 6.07) is 11.5. The molecule has 1 heterocycles. The highest BCUT2D eigenvalue weighted by Crippen LogP contribution is 2.29. The molecule has 0 spiro atoms. The predicted molar refractivity (Wildman–Crippen MR) is 108 cm³/mol. The molecule has 5 nitrogen and oxygen atoms in total. The molecule has 0 N–H and O–H groups in total. The third-order valence-corrected chi connectivity index (χ3v) is 4.96. The number of carbonyl (C=O) groups is 1. The second-order valence-corrected chi connectivity index (χ2v) is 7.17. The molecule has 140 valence electrons. The Labute approximate surface area is 166 Å².